The molecule has 0 bridgehead atoms. The van der Waals surface area contributed by atoms with Crippen LogP contribution >= 0.6 is 11.3 Å². The molecule has 1 aromatic heterocycles. The third-order valence-electron chi connectivity index (χ3n) is 2.34. The van der Waals surface area contributed by atoms with Crippen LogP contribution in [-0.4, -0.2) is 37.5 Å². The molecule has 4 nitrogen and oxygen atoms in total. The van der Waals surface area contributed by atoms with Crippen molar-refractivity contribution in [1.82, 2.24) is 10.2 Å². The molecule has 3 N–H and O–H groups in total. The molecule has 0 saturated heterocycles. The number of amides is 1. The minimum Gasteiger partial charge on any atom is -0.397 e. The third kappa shape index (κ3) is 3.21. The van der Waals surface area contributed by atoms with E-state index < -0.39 is 0 Å². The van der Waals surface area contributed by atoms with Crippen LogP contribution in [0.5, 0.6) is 0 Å². The Kier molecular flexibility index (Phi) is 4.11. The van der Waals surface area contributed by atoms with Crippen LogP contribution in [0.1, 0.15) is 16.6 Å². The van der Waals surface area contributed by atoms with Crippen molar-refractivity contribution in [3.05, 3.63) is 16.3 Å². The second-order valence-corrected chi connectivity index (χ2v) is 4.64. The average Bonchev–Trinajstić information content (AvgIpc) is 2.60. The maximum Gasteiger partial charge on any atom is 0.263 e. The molecule has 0 radical (unpaired) electrons. The smallest absolute Gasteiger partial charge is 0.263 e. The second-order valence-electron chi connectivity index (χ2n) is 3.73. The summed E-state index contributed by atoms with van der Waals surface area (Å²) in [7, 11) is 3.96. The standard InChI is InChI=1S/C10H17N3OS/c1-7(13(2)3)6-12-10(14)9-8(11)4-5-15-9/h4-5,7H,6,11H2,1-3H3,(H,12,14). The highest BCUT2D eigenvalue weighted by Gasteiger charge is 2.12. The minimum absolute atomic E-state index is 0.0869. The number of nitrogen functional groups attached to an aromatic ring is 1. The fourth-order valence-corrected chi connectivity index (χ4v) is 1.74. The van der Waals surface area contributed by atoms with Crippen LogP contribution in [0.3, 0.4) is 0 Å². The molecule has 0 fully saturated rings. The van der Waals surface area contributed by atoms with E-state index in [2.05, 4.69) is 17.1 Å². The Balaban J connectivity index is 2.47. The average molecular weight is 227 g/mol. The first-order chi connectivity index (χ1) is 7.02. The van der Waals surface area contributed by atoms with Crippen LogP contribution in [0.4, 0.5) is 5.69 Å². The van der Waals surface area contributed by atoms with Gasteiger partial charge in [0.2, 0.25) is 0 Å². The molecular weight excluding hydrogens is 210 g/mol. The summed E-state index contributed by atoms with van der Waals surface area (Å²) in [6.07, 6.45) is 0. The van der Waals surface area contributed by atoms with Crippen LogP contribution < -0.4 is 11.1 Å². The number of nitrogens with two attached hydrogens (primary N) is 1. The number of rotatable bonds is 4. The van der Waals surface area contributed by atoms with Crippen molar-refractivity contribution in [3.63, 3.8) is 0 Å². The molecule has 1 atom stereocenters. The van der Waals surface area contributed by atoms with Crippen molar-refractivity contribution in [2.45, 2.75) is 13.0 Å². The molecule has 1 heterocycles. The SMILES string of the molecule is CC(CNC(=O)c1sccc1N)N(C)C. The summed E-state index contributed by atoms with van der Waals surface area (Å²) in [6, 6.07) is 2.06. The Bertz CT molecular complexity index is 335. The topological polar surface area (TPSA) is 58.4 Å². The quantitative estimate of drug-likeness (QED) is 0.807. The van der Waals surface area contributed by atoms with E-state index in [0.29, 0.717) is 23.2 Å². The van der Waals surface area contributed by atoms with Crippen LogP contribution in [0.25, 0.3) is 0 Å². The second kappa shape index (κ2) is 5.14. The van der Waals surface area contributed by atoms with Gasteiger partial charge in [-0.3, -0.25) is 4.79 Å². The molecule has 0 aliphatic carbocycles. The maximum absolute atomic E-state index is 11.7. The zero-order valence-electron chi connectivity index (χ0n) is 9.28. The molecule has 0 aromatic carbocycles. The van der Waals surface area contributed by atoms with Crippen molar-refractivity contribution in [2.24, 2.45) is 0 Å². The molecular formula is C10H17N3OS. The van der Waals surface area contributed by atoms with E-state index in [-0.39, 0.29) is 5.91 Å². The zero-order valence-corrected chi connectivity index (χ0v) is 10.1. The van der Waals surface area contributed by atoms with E-state index in [1.165, 1.54) is 11.3 Å². The van der Waals surface area contributed by atoms with Crippen molar-refractivity contribution in [2.75, 3.05) is 26.4 Å². The van der Waals surface area contributed by atoms with Gasteiger partial charge in [-0.2, -0.15) is 0 Å². The molecule has 1 amide bonds. The van der Waals surface area contributed by atoms with Gasteiger partial charge in [-0.25, -0.2) is 0 Å². The zero-order chi connectivity index (χ0) is 11.4. The Morgan fingerprint density at radius 2 is 2.33 bits per heavy atom. The van der Waals surface area contributed by atoms with Gasteiger partial charge < -0.3 is 16.0 Å². The molecule has 0 saturated carbocycles. The fourth-order valence-electron chi connectivity index (χ4n) is 1.01. The number of anilines is 1. The number of likely N-dealkylation sites (N-methyl/N-ethyl adjacent to an activating group) is 1. The van der Waals surface area contributed by atoms with E-state index >= 15 is 0 Å². The molecule has 0 spiro atoms. The number of carbonyl (C=O) groups excluding carboxylic acids is 1. The maximum atomic E-state index is 11.7. The van der Waals surface area contributed by atoms with Gasteiger partial charge in [-0.05, 0) is 32.5 Å². The molecule has 15 heavy (non-hydrogen) atoms. The van der Waals surface area contributed by atoms with Crippen LogP contribution in [0.2, 0.25) is 0 Å². The van der Waals surface area contributed by atoms with Gasteiger partial charge in [0.05, 0.1) is 5.69 Å². The highest BCUT2D eigenvalue weighted by Crippen LogP contribution is 2.18. The van der Waals surface area contributed by atoms with Crippen molar-refractivity contribution < 1.29 is 4.79 Å². The summed E-state index contributed by atoms with van der Waals surface area (Å²) in [5.41, 5.74) is 6.20. The summed E-state index contributed by atoms with van der Waals surface area (Å²) < 4.78 is 0. The van der Waals surface area contributed by atoms with Gasteiger partial charge in [0.1, 0.15) is 4.88 Å². The normalized spacial score (nSPS) is 12.8. The van der Waals surface area contributed by atoms with Gasteiger partial charge in [0, 0.05) is 12.6 Å². The Morgan fingerprint density at radius 1 is 1.67 bits per heavy atom. The first-order valence-electron chi connectivity index (χ1n) is 4.80. The molecule has 0 aliphatic rings. The van der Waals surface area contributed by atoms with Crippen molar-refractivity contribution in [1.29, 1.82) is 0 Å². The summed E-state index contributed by atoms with van der Waals surface area (Å²) >= 11 is 1.37. The van der Waals surface area contributed by atoms with Gasteiger partial charge >= 0.3 is 0 Å². The van der Waals surface area contributed by atoms with E-state index in [1.54, 1.807) is 6.07 Å². The van der Waals surface area contributed by atoms with Crippen LogP contribution in [0, 0.1) is 0 Å². The first kappa shape index (κ1) is 12.0. The Morgan fingerprint density at radius 3 is 2.80 bits per heavy atom. The first-order valence-corrected chi connectivity index (χ1v) is 5.68. The van der Waals surface area contributed by atoms with Crippen LogP contribution in [-0.2, 0) is 0 Å². The summed E-state index contributed by atoms with van der Waals surface area (Å²) in [5, 5.41) is 4.68. The van der Waals surface area contributed by atoms with E-state index in [9.17, 15) is 4.79 Å². The van der Waals surface area contributed by atoms with Gasteiger partial charge in [0.25, 0.3) is 5.91 Å². The number of nitrogens with one attached hydrogen (secondary N) is 1. The number of hydrogen-bond donors (Lipinski definition) is 2. The molecule has 1 aromatic rings. The summed E-state index contributed by atoms with van der Waals surface area (Å²) in [4.78, 5) is 14.3. The van der Waals surface area contributed by atoms with Crippen molar-refractivity contribution >= 4 is 22.9 Å². The predicted molar refractivity (Wildman–Crippen MR) is 64.2 cm³/mol. The lowest BCUT2D eigenvalue weighted by atomic mass is 10.3. The van der Waals surface area contributed by atoms with Gasteiger partial charge in [-0.15, -0.1) is 11.3 Å². The van der Waals surface area contributed by atoms with Crippen molar-refractivity contribution in [3.8, 4) is 0 Å². The minimum atomic E-state index is -0.0869. The molecule has 84 valence electrons. The summed E-state index contributed by atoms with van der Waals surface area (Å²) in [6.45, 7) is 2.68. The molecule has 1 rings (SSSR count). The highest BCUT2D eigenvalue weighted by molar-refractivity contribution is 7.12. The van der Waals surface area contributed by atoms with Crippen LogP contribution in [0.15, 0.2) is 11.4 Å². The molecule has 5 heteroatoms. The molecule has 0 aliphatic heterocycles. The number of hydrogen-bond acceptors (Lipinski definition) is 4. The lowest BCUT2D eigenvalue weighted by Gasteiger charge is -2.19. The Labute approximate surface area is 94.1 Å². The largest absolute Gasteiger partial charge is 0.397 e. The Hall–Kier alpha value is -1.07. The number of nitrogens with zero attached hydrogens (tertiary/aromatic N) is 1. The molecule has 1 unspecified atom stereocenters. The lowest BCUT2D eigenvalue weighted by molar-refractivity contribution is 0.0948. The van der Waals surface area contributed by atoms with Gasteiger partial charge in [-0.1, -0.05) is 0 Å². The fraction of sp³-hybridized carbons (Fsp3) is 0.500. The lowest BCUT2D eigenvalue weighted by Crippen LogP contribution is -2.38. The number of thiophene rings is 1. The predicted octanol–water partition coefficient (Wildman–Crippen LogP) is 1.01. The van der Waals surface area contributed by atoms with E-state index in [1.807, 2.05) is 19.5 Å². The van der Waals surface area contributed by atoms with E-state index in [0.717, 1.165) is 0 Å². The van der Waals surface area contributed by atoms with E-state index in [4.69, 9.17) is 5.73 Å². The monoisotopic (exact) mass is 227 g/mol. The highest BCUT2D eigenvalue weighted by atomic mass is 32.1. The third-order valence-corrected chi connectivity index (χ3v) is 3.27. The number of carbonyl (C=O) groups is 1. The summed E-state index contributed by atoms with van der Waals surface area (Å²) in [5.74, 6) is -0.0869. The van der Waals surface area contributed by atoms with Gasteiger partial charge in [0.15, 0.2) is 0 Å².